The molecule has 3 aromatic carbocycles. The van der Waals surface area contributed by atoms with Crippen molar-refractivity contribution in [3.8, 4) is 17.2 Å². The van der Waals surface area contributed by atoms with Gasteiger partial charge in [0.05, 0.1) is 39.0 Å². The highest BCUT2D eigenvalue weighted by Gasteiger charge is 2.35. The number of aryl methyl sites for hydroxylation is 2. The minimum Gasteiger partial charge on any atom is -0.493 e. The predicted octanol–water partition coefficient (Wildman–Crippen LogP) is 4.10. The first kappa shape index (κ1) is 30.5. The molecule has 9 nitrogen and oxygen atoms in total. The zero-order valence-electron chi connectivity index (χ0n) is 25.2. The molecule has 2 atom stereocenters. The van der Waals surface area contributed by atoms with Crippen LogP contribution in [-0.2, 0) is 38.6 Å². The molecule has 1 N–H and O–H groups in total. The number of hydrogen-bond donors (Lipinski definition) is 1. The lowest BCUT2D eigenvalue weighted by molar-refractivity contribution is -0.137. The Kier molecular flexibility index (Phi) is 10.3. The van der Waals surface area contributed by atoms with E-state index in [0.29, 0.717) is 56.5 Å². The molecule has 0 saturated carbocycles. The molecule has 43 heavy (non-hydrogen) atoms. The molecule has 2 aliphatic rings. The number of nitrogens with one attached hydrogen (secondary N) is 1. The molecule has 2 aliphatic heterocycles. The largest absolute Gasteiger partial charge is 0.493 e. The van der Waals surface area contributed by atoms with Crippen LogP contribution in [0.25, 0.3) is 0 Å². The molecule has 0 radical (unpaired) electrons. The Morgan fingerprint density at radius 3 is 2.63 bits per heavy atom. The highest BCUT2D eigenvalue weighted by Crippen LogP contribution is 2.33. The van der Waals surface area contributed by atoms with Gasteiger partial charge < -0.3 is 29.2 Å². The molecular weight excluding hydrogens is 546 g/mol. The fourth-order valence-electron chi connectivity index (χ4n) is 5.63. The molecule has 2 heterocycles. The number of nitrogens with zero attached hydrogens (tertiary/aromatic N) is 2. The van der Waals surface area contributed by atoms with Crippen LogP contribution in [0.5, 0.6) is 17.2 Å². The summed E-state index contributed by atoms with van der Waals surface area (Å²) in [7, 11) is 3.19. The summed E-state index contributed by atoms with van der Waals surface area (Å²) in [5.41, 5.74) is 4.38. The average Bonchev–Trinajstić information content (AvgIpc) is 3.38. The summed E-state index contributed by atoms with van der Waals surface area (Å²) < 4.78 is 23.5. The topological polar surface area (TPSA) is 89.6 Å². The fraction of sp³-hybridized carbons (Fsp3) is 0.412. The standard InChI is InChI=1S/C34H41N3O6/c1-24-7-4-5-9-27(24)19-36-20-29-32(21-36)42-23-26-8-6-10-28(17-26)43-31-18-25(11-13-30(31)41-3)12-14-34(39)37(15-16-40-2)22-33(38)35-29/h4-11,13,17-18,29,32H,12,14-16,19-23H2,1-3H3,(H,35,38)/t29-,32-/m0/s1. The maximum absolute atomic E-state index is 13.4. The number of ether oxygens (including phenoxy) is 4. The molecular formula is C34H41N3O6. The number of amides is 2. The van der Waals surface area contributed by atoms with E-state index in [4.69, 9.17) is 18.9 Å². The lowest BCUT2D eigenvalue weighted by Crippen LogP contribution is -2.49. The summed E-state index contributed by atoms with van der Waals surface area (Å²) in [5, 5.41) is 3.19. The van der Waals surface area contributed by atoms with E-state index in [-0.39, 0.29) is 36.9 Å². The summed E-state index contributed by atoms with van der Waals surface area (Å²) >= 11 is 0. The average molecular weight is 588 g/mol. The van der Waals surface area contributed by atoms with Gasteiger partial charge >= 0.3 is 0 Å². The van der Waals surface area contributed by atoms with Gasteiger partial charge in [0.15, 0.2) is 11.5 Å². The number of hydrogen-bond acceptors (Lipinski definition) is 7. The molecule has 0 spiro atoms. The van der Waals surface area contributed by atoms with Crippen molar-refractivity contribution in [2.24, 2.45) is 0 Å². The van der Waals surface area contributed by atoms with Crippen LogP contribution in [0, 0.1) is 6.92 Å². The number of carbonyl (C=O) groups is 2. The van der Waals surface area contributed by atoms with Crippen molar-refractivity contribution in [3.63, 3.8) is 0 Å². The van der Waals surface area contributed by atoms with Gasteiger partial charge in [-0.1, -0.05) is 42.5 Å². The second-order valence-corrected chi connectivity index (χ2v) is 11.2. The Balaban J connectivity index is 1.41. The van der Waals surface area contributed by atoms with E-state index < -0.39 is 0 Å². The molecule has 0 unspecified atom stereocenters. The van der Waals surface area contributed by atoms with Crippen LogP contribution in [-0.4, -0.2) is 80.8 Å². The van der Waals surface area contributed by atoms with Crippen LogP contribution < -0.4 is 14.8 Å². The van der Waals surface area contributed by atoms with E-state index in [1.807, 2.05) is 48.5 Å². The third-order valence-corrected chi connectivity index (χ3v) is 8.04. The van der Waals surface area contributed by atoms with Gasteiger partial charge in [-0.05, 0) is 59.9 Å². The van der Waals surface area contributed by atoms with E-state index in [2.05, 4.69) is 35.3 Å². The SMILES string of the molecule is COCCN1CC(=O)N[C@H]2CN(Cc3ccccc3C)C[C@@H]2OCc2cccc(c2)Oc2cc(ccc2OC)CCC1=O. The van der Waals surface area contributed by atoms with E-state index in [1.165, 1.54) is 11.1 Å². The van der Waals surface area contributed by atoms with Gasteiger partial charge in [0.1, 0.15) is 5.75 Å². The van der Waals surface area contributed by atoms with Crippen LogP contribution in [0.3, 0.4) is 0 Å². The molecule has 9 heteroatoms. The van der Waals surface area contributed by atoms with Gasteiger partial charge in [0.25, 0.3) is 0 Å². The minimum absolute atomic E-state index is 0.0395. The first-order chi connectivity index (χ1) is 20.9. The molecule has 0 aliphatic carbocycles. The highest BCUT2D eigenvalue weighted by atomic mass is 16.5. The molecule has 1 fully saturated rings. The van der Waals surface area contributed by atoms with Crippen LogP contribution in [0.2, 0.25) is 0 Å². The van der Waals surface area contributed by atoms with E-state index in [9.17, 15) is 9.59 Å². The Morgan fingerprint density at radius 1 is 0.953 bits per heavy atom. The van der Waals surface area contributed by atoms with Crippen molar-refractivity contribution < 1.29 is 28.5 Å². The van der Waals surface area contributed by atoms with Crippen LogP contribution in [0.1, 0.15) is 28.7 Å². The lowest BCUT2D eigenvalue weighted by Gasteiger charge is -2.25. The second-order valence-electron chi connectivity index (χ2n) is 11.2. The lowest BCUT2D eigenvalue weighted by atomic mass is 10.1. The highest BCUT2D eigenvalue weighted by molar-refractivity contribution is 5.85. The van der Waals surface area contributed by atoms with Gasteiger partial charge in [0, 0.05) is 39.7 Å². The summed E-state index contributed by atoms with van der Waals surface area (Å²) in [5.74, 6) is 1.53. The predicted molar refractivity (Wildman–Crippen MR) is 163 cm³/mol. The number of rotatable bonds is 6. The van der Waals surface area contributed by atoms with Crippen LogP contribution >= 0.6 is 0 Å². The number of likely N-dealkylation sites (tertiary alicyclic amines) is 1. The summed E-state index contributed by atoms with van der Waals surface area (Å²) in [4.78, 5) is 30.6. The molecule has 228 valence electrons. The maximum atomic E-state index is 13.4. The van der Waals surface area contributed by atoms with Gasteiger partial charge in [0.2, 0.25) is 11.8 Å². The first-order valence-electron chi connectivity index (χ1n) is 14.8. The Labute approximate surface area is 253 Å². The van der Waals surface area contributed by atoms with Gasteiger partial charge in [-0.3, -0.25) is 14.5 Å². The molecule has 2 amide bonds. The van der Waals surface area contributed by atoms with Crippen molar-refractivity contribution in [2.75, 3.05) is 47.0 Å². The molecule has 4 bridgehead atoms. The zero-order valence-corrected chi connectivity index (χ0v) is 25.2. The summed E-state index contributed by atoms with van der Waals surface area (Å²) in [6, 6.07) is 21.6. The monoisotopic (exact) mass is 587 g/mol. The maximum Gasteiger partial charge on any atom is 0.239 e. The van der Waals surface area contributed by atoms with Crippen LogP contribution in [0.15, 0.2) is 66.7 Å². The first-order valence-corrected chi connectivity index (χ1v) is 14.8. The number of fused-ring (bicyclic) bond motifs is 5. The van der Waals surface area contributed by atoms with Crippen LogP contribution in [0.4, 0.5) is 0 Å². The Morgan fingerprint density at radius 2 is 1.81 bits per heavy atom. The number of methoxy groups -OCH3 is 2. The molecule has 5 rings (SSSR count). The van der Waals surface area contributed by atoms with Gasteiger partial charge in [-0.15, -0.1) is 0 Å². The van der Waals surface area contributed by atoms with Gasteiger partial charge in [-0.25, -0.2) is 0 Å². The van der Waals surface area contributed by atoms with Crippen molar-refractivity contribution in [2.45, 2.75) is 45.1 Å². The fourth-order valence-corrected chi connectivity index (χ4v) is 5.63. The smallest absolute Gasteiger partial charge is 0.239 e. The number of benzene rings is 3. The molecule has 0 aromatic heterocycles. The Bertz CT molecular complexity index is 1410. The van der Waals surface area contributed by atoms with E-state index in [1.54, 1.807) is 19.1 Å². The third kappa shape index (κ3) is 8.13. The van der Waals surface area contributed by atoms with Crippen molar-refractivity contribution >= 4 is 11.8 Å². The second kappa shape index (κ2) is 14.5. The Hall–Kier alpha value is -3.92. The third-order valence-electron chi connectivity index (χ3n) is 8.04. The summed E-state index contributed by atoms with van der Waals surface area (Å²) in [6.07, 6.45) is 0.519. The van der Waals surface area contributed by atoms with Gasteiger partial charge in [-0.2, -0.15) is 0 Å². The number of carbonyl (C=O) groups excluding carboxylic acids is 2. The molecule has 1 saturated heterocycles. The van der Waals surface area contributed by atoms with Crippen molar-refractivity contribution in [1.29, 1.82) is 0 Å². The minimum atomic E-state index is -0.226. The molecule has 3 aromatic rings. The quantitative estimate of drug-likeness (QED) is 0.465. The van der Waals surface area contributed by atoms with Crippen molar-refractivity contribution in [3.05, 3.63) is 89.0 Å². The van der Waals surface area contributed by atoms with Crippen molar-refractivity contribution in [1.82, 2.24) is 15.1 Å². The van der Waals surface area contributed by atoms with E-state index in [0.717, 1.165) is 17.7 Å². The summed E-state index contributed by atoms with van der Waals surface area (Å²) in [6.45, 7) is 5.20. The normalized spacial score (nSPS) is 20.0. The van der Waals surface area contributed by atoms with E-state index >= 15 is 0 Å². The zero-order chi connectivity index (χ0) is 30.2.